The highest BCUT2D eigenvalue weighted by molar-refractivity contribution is 8.13. The van der Waals surface area contributed by atoms with Crippen LogP contribution in [0, 0.1) is 0 Å². The van der Waals surface area contributed by atoms with Gasteiger partial charge in [-0.1, -0.05) is 0 Å². The van der Waals surface area contributed by atoms with Crippen molar-refractivity contribution in [2.24, 2.45) is 0 Å². The van der Waals surface area contributed by atoms with Crippen LogP contribution >= 0.6 is 23.3 Å². The average molecular weight is 319 g/mol. The summed E-state index contributed by atoms with van der Waals surface area (Å²) in [5, 5.41) is 0.679. The summed E-state index contributed by atoms with van der Waals surface area (Å²) in [6.45, 7) is 4.59. The first-order chi connectivity index (χ1) is 9.35. The molecular formula is C11H17N3O4S2. The number of amides is 1. The molecule has 0 spiro atoms. The van der Waals surface area contributed by atoms with Crippen molar-refractivity contribution in [1.82, 2.24) is 14.3 Å². The molecule has 0 radical (unpaired) electrons. The Kier molecular flexibility index (Phi) is 4.84. The van der Waals surface area contributed by atoms with E-state index in [1.165, 1.54) is 4.90 Å². The quantitative estimate of drug-likeness (QED) is 0.787. The Bertz CT molecular complexity index is 468. The molecule has 2 heterocycles. The van der Waals surface area contributed by atoms with Gasteiger partial charge in [0.2, 0.25) is 5.16 Å². The van der Waals surface area contributed by atoms with Crippen molar-refractivity contribution >= 4 is 28.5 Å². The number of ether oxygens (including phenoxy) is 3. The van der Waals surface area contributed by atoms with Crippen molar-refractivity contribution in [3.63, 3.8) is 0 Å². The number of aromatic nitrogens is 2. The third-order valence-corrected chi connectivity index (χ3v) is 4.06. The molecule has 2 rings (SSSR count). The Balaban J connectivity index is 1.86. The van der Waals surface area contributed by atoms with E-state index in [1.807, 2.05) is 13.8 Å². The topological polar surface area (TPSA) is 73.8 Å². The summed E-state index contributed by atoms with van der Waals surface area (Å²) in [6, 6.07) is 0. The number of hydrogen-bond acceptors (Lipinski definition) is 8. The zero-order chi connectivity index (χ0) is 14.8. The molecule has 0 atom stereocenters. The molecule has 20 heavy (non-hydrogen) atoms. The molecule has 0 N–H and O–H groups in total. The summed E-state index contributed by atoms with van der Waals surface area (Å²) in [6.07, 6.45) is -0.210. The van der Waals surface area contributed by atoms with E-state index in [1.54, 1.807) is 14.1 Å². The molecule has 1 amide bonds. The minimum absolute atomic E-state index is 0.125. The van der Waals surface area contributed by atoms with Gasteiger partial charge >= 0.3 is 0 Å². The fourth-order valence-corrected chi connectivity index (χ4v) is 2.63. The lowest BCUT2D eigenvalue weighted by Gasteiger charge is -2.34. The molecule has 1 aromatic heterocycles. The standard InChI is InChI=1S/C11H17N3O4S2/c1-11(2)16-5-7(6-17-11)18-9-12-8(13-20-9)19-10(15)14(3)4/h7H,5-6H2,1-4H3. The Morgan fingerprint density at radius 2 is 2.10 bits per heavy atom. The van der Waals surface area contributed by atoms with Gasteiger partial charge in [-0.15, -0.1) is 0 Å². The second-order valence-corrected chi connectivity index (χ2v) is 6.50. The molecule has 0 saturated carbocycles. The van der Waals surface area contributed by atoms with Gasteiger partial charge in [0.25, 0.3) is 10.4 Å². The van der Waals surface area contributed by atoms with Gasteiger partial charge in [0.1, 0.15) is 6.10 Å². The highest BCUT2D eigenvalue weighted by Crippen LogP contribution is 2.26. The minimum Gasteiger partial charge on any atom is -0.461 e. The number of hydrogen-bond donors (Lipinski definition) is 0. The van der Waals surface area contributed by atoms with Crippen LogP contribution in [0.2, 0.25) is 0 Å². The van der Waals surface area contributed by atoms with Crippen LogP contribution < -0.4 is 4.74 Å². The van der Waals surface area contributed by atoms with Crippen molar-refractivity contribution in [3.8, 4) is 5.19 Å². The van der Waals surface area contributed by atoms with Gasteiger partial charge in [-0.25, -0.2) is 0 Å². The number of rotatable bonds is 3. The Morgan fingerprint density at radius 3 is 2.70 bits per heavy atom. The molecule has 1 aliphatic rings. The van der Waals surface area contributed by atoms with Crippen LogP contribution in [0.25, 0.3) is 0 Å². The van der Waals surface area contributed by atoms with E-state index in [0.717, 1.165) is 23.3 Å². The summed E-state index contributed by atoms with van der Waals surface area (Å²) >= 11 is 2.08. The number of thioether (sulfide) groups is 1. The number of nitrogens with zero attached hydrogens (tertiary/aromatic N) is 3. The molecule has 0 aliphatic carbocycles. The monoisotopic (exact) mass is 319 g/mol. The first kappa shape index (κ1) is 15.5. The van der Waals surface area contributed by atoms with Gasteiger partial charge in [0, 0.05) is 37.4 Å². The van der Waals surface area contributed by atoms with E-state index in [9.17, 15) is 4.79 Å². The zero-order valence-corrected chi connectivity index (χ0v) is 13.4. The molecule has 1 aliphatic heterocycles. The first-order valence-electron chi connectivity index (χ1n) is 6.03. The normalized spacial score (nSPS) is 18.8. The van der Waals surface area contributed by atoms with E-state index >= 15 is 0 Å². The SMILES string of the molecule is CN(C)C(=O)Sc1nsc(OC2COC(C)(C)OC2)n1. The van der Waals surface area contributed by atoms with Crippen molar-refractivity contribution < 1.29 is 19.0 Å². The van der Waals surface area contributed by atoms with Gasteiger partial charge in [-0.3, -0.25) is 4.79 Å². The third-order valence-electron chi connectivity index (χ3n) is 2.43. The maximum atomic E-state index is 11.5. The molecule has 0 bridgehead atoms. The second-order valence-electron chi connectivity index (χ2n) is 4.87. The van der Waals surface area contributed by atoms with Gasteiger partial charge in [-0.05, 0) is 13.8 Å². The number of carbonyl (C=O) groups is 1. The fraction of sp³-hybridized carbons (Fsp3) is 0.727. The second kappa shape index (κ2) is 6.25. The molecule has 1 fully saturated rings. The lowest BCUT2D eigenvalue weighted by atomic mass is 10.3. The first-order valence-corrected chi connectivity index (χ1v) is 7.62. The van der Waals surface area contributed by atoms with Crippen LogP contribution in [0.5, 0.6) is 5.19 Å². The minimum atomic E-state index is -0.569. The Morgan fingerprint density at radius 1 is 1.45 bits per heavy atom. The molecule has 1 aromatic rings. The highest BCUT2D eigenvalue weighted by atomic mass is 32.2. The summed E-state index contributed by atoms with van der Waals surface area (Å²) in [4.78, 5) is 17.1. The van der Waals surface area contributed by atoms with E-state index in [4.69, 9.17) is 14.2 Å². The predicted octanol–water partition coefficient (Wildman–Crippen LogP) is 1.84. The lowest BCUT2D eigenvalue weighted by Crippen LogP contribution is -2.44. The predicted molar refractivity (Wildman–Crippen MR) is 75.2 cm³/mol. The van der Waals surface area contributed by atoms with Crippen LogP contribution in [-0.2, 0) is 9.47 Å². The van der Waals surface area contributed by atoms with Crippen LogP contribution in [0.3, 0.4) is 0 Å². The van der Waals surface area contributed by atoms with E-state index in [-0.39, 0.29) is 11.3 Å². The highest BCUT2D eigenvalue weighted by Gasteiger charge is 2.30. The van der Waals surface area contributed by atoms with Crippen molar-refractivity contribution in [3.05, 3.63) is 0 Å². The van der Waals surface area contributed by atoms with E-state index in [0.29, 0.717) is 23.6 Å². The third kappa shape index (κ3) is 4.30. The summed E-state index contributed by atoms with van der Waals surface area (Å²) in [5.41, 5.74) is 0. The van der Waals surface area contributed by atoms with Crippen LogP contribution in [0.1, 0.15) is 13.8 Å². The molecule has 9 heteroatoms. The lowest BCUT2D eigenvalue weighted by molar-refractivity contribution is -0.268. The summed E-state index contributed by atoms with van der Waals surface area (Å²) < 4.78 is 20.7. The average Bonchev–Trinajstić information content (AvgIpc) is 2.79. The molecule has 0 aromatic carbocycles. The molecule has 0 unspecified atom stereocenters. The smallest absolute Gasteiger partial charge is 0.294 e. The van der Waals surface area contributed by atoms with Gasteiger partial charge < -0.3 is 19.1 Å². The molecule has 7 nitrogen and oxygen atoms in total. The van der Waals surface area contributed by atoms with E-state index in [2.05, 4.69) is 9.36 Å². The maximum absolute atomic E-state index is 11.5. The number of carbonyl (C=O) groups excluding carboxylic acids is 1. The van der Waals surface area contributed by atoms with Crippen LogP contribution in [0.4, 0.5) is 4.79 Å². The summed E-state index contributed by atoms with van der Waals surface area (Å²) in [7, 11) is 3.36. The van der Waals surface area contributed by atoms with Crippen molar-refractivity contribution in [2.45, 2.75) is 30.9 Å². The Hall–Kier alpha value is -0.900. The molecule has 1 saturated heterocycles. The largest absolute Gasteiger partial charge is 0.461 e. The van der Waals surface area contributed by atoms with Crippen LogP contribution in [0.15, 0.2) is 5.16 Å². The zero-order valence-electron chi connectivity index (χ0n) is 11.8. The van der Waals surface area contributed by atoms with Gasteiger partial charge in [0.05, 0.1) is 13.2 Å². The van der Waals surface area contributed by atoms with Crippen molar-refractivity contribution in [2.75, 3.05) is 27.3 Å². The van der Waals surface area contributed by atoms with Crippen molar-refractivity contribution in [1.29, 1.82) is 0 Å². The Labute approximate surface area is 125 Å². The van der Waals surface area contributed by atoms with Gasteiger partial charge in [0.15, 0.2) is 5.79 Å². The summed E-state index contributed by atoms with van der Waals surface area (Å²) in [5.74, 6) is -0.569. The molecule has 112 valence electrons. The van der Waals surface area contributed by atoms with Crippen LogP contribution in [-0.4, -0.2) is 58.7 Å². The maximum Gasteiger partial charge on any atom is 0.294 e. The van der Waals surface area contributed by atoms with E-state index < -0.39 is 5.79 Å². The van der Waals surface area contributed by atoms with Gasteiger partial charge in [-0.2, -0.15) is 9.36 Å². The molecular weight excluding hydrogens is 302 g/mol. The fourth-order valence-electron chi connectivity index (χ4n) is 1.34.